The Morgan fingerprint density at radius 1 is 1.05 bits per heavy atom. The van der Waals surface area contributed by atoms with E-state index in [1.54, 1.807) is 24.3 Å². The predicted octanol–water partition coefficient (Wildman–Crippen LogP) is 3.49. The highest BCUT2D eigenvalue weighted by molar-refractivity contribution is 7.89. The van der Waals surface area contributed by atoms with E-state index in [2.05, 4.69) is 5.32 Å². The first-order valence-electron chi connectivity index (χ1n) is 13.9. The number of nitrogen functional groups attached to an aromatic ring is 1. The normalized spacial score (nSPS) is 17.0. The van der Waals surface area contributed by atoms with E-state index in [-0.39, 0.29) is 30.0 Å². The number of hydrogen-bond donors (Lipinski definition) is 3. The second kappa shape index (κ2) is 14.0. The molecule has 41 heavy (non-hydrogen) atoms. The van der Waals surface area contributed by atoms with Crippen LogP contribution in [0.15, 0.2) is 83.8 Å². The summed E-state index contributed by atoms with van der Waals surface area (Å²) >= 11 is 0. The van der Waals surface area contributed by atoms with Gasteiger partial charge in [-0.3, -0.25) is 4.79 Å². The summed E-state index contributed by atoms with van der Waals surface area (Å²) in [5.41, 5.74) is 7.44. The fourth-order valence-corrected chi connectivity index (χ4v) is 6.36. The van der Waals surface area contributed by atoms with Crippen LogP contribution in [0, 0.1) is 5.92 Å². The standard InChI is InChI=1S/C31H39N3O6S/c1-22(2)19-34(41(37,38)26-14-12-24(32)13-15-26)20-29(35)28(18-23-8-4-3-5-9-23)33-31(36)27-10-6-7-11-30(27)40-25-16-17-39-21-25/h3-15,22,25,28-29,35H,16-21,32H2,1-2H3,(H,33,36). The lowest BCUT2D eigenvalue weighted by Crippen LogP contribution is -2.51. The summed E-state index contributed by atoms with van der Waals surface area (Å²) in [7, 11) is -3.94. The van der Waals surface area contributed by atoms with Gasteiger partial charge in [-0.1, -0.05) is 56.3 Å². The van der Waals surface area contributed by atoms with Crippen LogP contribution in [0.4, 0.5) is 5.69 Å². The monoisotopic (exact) mass is 581 g/mol. The molecule has 0 aromatic heterocycles. The maximum atomic E-state index is 13.6. The molecule has 3 atom stereocenters. The number of aliphatic hydroxyl groups excluding tert-OH is 1. The fraction of sp³-hybridized carbons (Fsp3) is 0.387. The second-order valence-electron chi connectivity index (χ2n) is 10.7. The van der Waals surface area contributed by atoms with Crippen molar-refractivity contribution in [1.29, 1.82) is 0 Å². The molecular weight excluding hydrogens is 542 g/mol. The number of aliphatic hydroxyl groups is 1. The van der Waals surface area contributed by atoms with Crippen molar-refractivity contribution >= 4 is 21.6 Å². The molecule has 4 N–H and O–H groups in total. The number of benzene rings is 3. The van der Waals surface area contributed by atoms with Crippen molar-refractivity contribution in [3.8, 4) is 5.75 Å². The van der Waals surface area contributed by atoms with Crippen molar-refractivity contribution in [1.82, 2.24) is 9.62 Å². The number of ether oxygens (including phenoxy) is 2. The van der Waals surface area contributed by atoms with Gasteiger partial charge in [0.25, 0.3) is 5.91 Å². The molecule has 0 saturated carbocycles. The van der Waals surface area contributed by atoms with E-state index in [9.17, 15) is 18.3 Å². The number of hydrogen-bond acceptors (Lipinski definition) is 7. The van der Waals surface area contributed by atoms with Gasteiger partial charge in [0, 0.05) is 25.2 Å². The van der Waals surface area contributed by atoms with Crippen molar-refractivity contribution in [3.05, 3.63) is 90.0 Å². The number of para-hydroxylation sites is 1. The number of rotatable bonds is 13. The molecule has 0 spiro atoms. The Hall–Kier alpha value is -3.44. The SMILES string of the molecule is CC(C)CN(CC(O)C(Cc1ccccc1)NC(=O)c1ccccc1OC1CCOC1)S(=O)(=O)c1ccc(N)cc1. The van der Waals surface area contributed by atoms with Crippen molar-refractivity contribution in [2.75, 3.05) is 32.0 Å². The first-order chi connectivity index (χ1) is 19.6. The van der Waals surface area contributed by atoms with Gasteiger partial charge in [-0.2, -0.15) is 4.31 Å². The number of sulfonamides is 1. The molecule has 1 aliphatic heterocycles. The third-order valence-corrected chi connectivity index (χ3v) is 8.72. The van der Waals surface area contributed by atoms with Gasteiger partial charge in [-0.05, 0) is 54.3 Å². The molecular formula is C31H39N3O6S. The van der Waals surface area contributed by atoms with E-state index in [1.807, 2.05) is 44.2 Å². The van der Waals surface area contributed by atoms with Crippen LogP contribution in [-0.4, -0.2) is 68.3 Å². The minimum atomic E-state index is -3.94. The van der Waals surface area contributed by atoms with Crippen LogP contribution in [0.25, 0.3) is 0 Å². The summed E-state index contributed by atoms with van der Waals surface area (Å²) in [5.74, 6) is 0.00799. The third-order valence-electron chi connectivity index (χ3n) is 6.87. The molecule has 3 aromatic carbocycles. The number of nitrogens with two attached hydrogens (primary N) is 1. The molecule has 1 saturated heterocycles. The number of carbonyl (C=O) groups excluding carboxylic acids is 1. The molecule has 0 aliphatic carbocycles. The highest BCUT2D eigenvalue weighted by atomic mass is 32.2. The average Bonchev–Trinajstić information content (AvgIpc) is 3.46. The number of carbonyl (C=O) groups is 1. The largest absolute Gasteiger partial charge is 0.487 e. The number of amides is 1. The van der Waals surface area contributed by atoms with Gasteiger partial charge < -0.3 is 25.6 Å². The lowest BCUT2D eigenvalue weighted by Gasteiger charge is -2.31. The molecule has 220 valence electrons. The maximum absolute atomic E-state index is 13.6. The Bertz CT molecular complexity index is 1380. The van der Waals surface area contributed by atoms with Gasteiger partial charge in [0.1, 0.15) is 11.9 Å². The molecule has 10 heteroatoms. The quantitative estimate of drug-likeness (QED) is 0.263. The number of nitrogens with one attached hydrogen (secondary N) is 1. The van der Waals surface area contributed by atoms with Gasteiger partial charge in [-0.25, -0.2) is 8.42 Å². The van der Waals surface area contributed by atoms with E-state index in [4.69, 9.17) is 15.2 Å². The topological polar surface area (TPSA) is 131 Å². The summed E-state index contributed by atoms with van der Waals surface area (Å²) in [5, 5.41) is 14.5. The minimum absolute atomic E-state index is 0.00323. The van der Waals surface area contributed by atoms with Crippen molar-refractivity contribution in [3.63, 3.8) is 0 Å². The molecule has 3 unspecified atom stereocenters. The molecule has 4 rings (SSSR count). The first-order valence-corrected chi connectivity index (χ1v) is 15.3. The van der Waals surface area contributed by atoms with Crippen molar-refractivity contribution < 1.29 is 27.8 Å². The van der Waals surface area contributed by atoms with Gasteiger partial charge >= 0.3 is 0 Å². The summed E-state index contributed by atoms with van der Waals surface area (Å²) in [6, 6.07) is 21.6. The van der Waals surface area contributed by atoms with E-state index in [0.29, 0.717) is 36.6 Å². The van der Waals surface area contributed by atoms with Gasteiger partial charge in [-0.15, -0.1) is 0 Å². The Balaban J connectivity index is 1.59. The zero-order valence-electron chi connectivity index (χ0n) is 23.5. The van der Waals surface area contributed by atoms with Gasteiger partial charge in [0.15, 0.2) is 0 Å². The first kappa shape index (κ1) is 30.5. The van der Waals surface area contributed by atoms with Crippen LogP contribution in [0.3, 0.4) is 0 Å². The summed E-state index contributed by atoms with van der Waals surface area (Å²) in [6.07, 6.45) is -0.319. The zero-order valence-corrected chi connectivity index (χ0v) is 24.3. The van der Waals surface area contributed by atoms with E-state index in [0.717, 1.165) is 12.0 Å². The maximum Gasteiger partial charge on any atom is 0.255 e. The summed E-state index contributed by atoms with van der Waals surface area (Å²) < 4.78 is 39.9. The molecule has 9 nitrogen and oxygen atoms in total. The third kappa shape index (κ3) is 8.29. The van der Waals surface area contributed by atoms with Crippen LogP contribution in [-0.2, 0) is 21.2 Å². The Kier molecular flexibility index (Phi) is 10.4. The number of nitrogens with zero attached hydrogens (tertiary/aromatic N) is 1. The molecule has 0 bridgehead atoms. The van der Waals surface area contributed by atoms with Crippen molar-refractivity contribution in [2.24, 2.45) is 5.92 Å². The lowest BCUT2D eigenvalue weighted by atomic mass is 10.00. The molecule has 1 heterocycles. The van der Waals surface area contributed by atoms with Gasteiger partial charge in [0.2, 0.25) is 10.0 Å². The summed E-state index contributed by atoms with van der Waals surface area (Å²) in [6.45, 7) is 4.87. The van der Waals surface area contributed by atoms with Crippen LogP contribution >= 0.6 is 0 Å². The van der Waals surface area contributed by atoms with Crippen molar-refractivity contribution in [2.45, 2.75) is 49.8 Å². The molecule has 1 fully saturated rings. The van der Waals surface area contributed by atoms with Crippen LogP contribution in [0.2, 0.25) is 0 Å². The fourth-order valence-electron chi connectivity index (χ4n) is 4.74. The lowest BCUT2D eigenvalue weighted by molar-refractivity contribution is 0.0769. The molecule has 0 radical (unpaired) electrons. The molecule has 1 aliphatic rings. The van der Waals surface area contributed by atoms with Crippen LogP contribution in [0.5, 0.6) is 5.75 Å². The molecule has 1 amide bonds. The second-order valence-corrected chi connectivity index (χ2v) is 12.7. The zero-order chi connectivity index (χ0) is 29.4. The van der Waals surface area contributed by atoms with E-state index >= 15 is 0 Å². The van der Waals surface area contributed by atoms with E-state index < -0.39 is 28.1 Å². The Morgan fingerprint density at radius 3 is 2.39 bits per heavy atom. The highest BCUT2D eigenvalue weighted by Gasteiger charge is 2.32. The minimum Gasteiger partial charge on any atom is -0.487 e. The van der Waals surface area contributed by atoms with Crippen LogP contribution < -0.4 is 15.8 Å². The summed E-state index contributed by atoms with van der Waals surface area (Å²) in [4.78, 5) is 13.7. The van der Waals surface area contributed by atoms with Crippen LogP contribution in [0.1, 0.15) is 36.2 Å². The Labute approximate surface area is 242 Å². The van der Waals surface area contributed by atoms with E-state index in [1.165, 1.54) is 28.6 Å². The Morgan fingerprint density at radius 2 is 1.73 bits per heavy atom. The highest BCUT2D eigenvalue weighted by Crippen LogP contribution is 2.24. The molecule has 3 aromatic rings. The number of anilines is 1. The average molecular weight is 582 g/mol. The van der Waals surface area contributed by atoms with Gasteiger partial charge in [0.05, 0.1) is 35.8 Å². The smallest absolute Gasteiger partial charge is 0.255 e. The predicted molar refractivity (Wildman–Crippen MR) is 158 cm³/mol.